The van der Waals surface area contributed by atoms with Gasteiger partial charge in [0, 0.05) is 24.5 Å². The Hall–Kier alpha value is -1.15. The van der Waals surface area contributed by atoms with Gasteiger partial charge < -0.3 is 5.32 Å². The van der Waals surface area contributed by atoms with E-state index in [4.69, 9.17) is 0 Å². The van der Waals surface area contributed by atoms with Crippen molar-refractivity contribution in [3.05, 3.63) is 42.2 Å². The fraction of sp³-hybridized carbons (Fsp3) is 0.562. The van der Waals surface area contributed by atoms with E-state index in [2.05, 4.69) is 48.4 Å². The molecule has 2 bridgehead atoms. The first-order valence-corrected chi connectivity index (χ1v) is 7.08. The van der Waals surface area contributed by atoms with Crippen LogP contribution in [0, 0.1) is 17.8 Å². The predicted octanol–water partition coefficient (Wildman–Crippen LogP) is 3.33. The SMILES string of the molecule is CC(N[C@H](C)c1ccncc1)C1CC2C=CC1C2. The molecule has 2 heteroatoms. The molecule has 2 nitrogen and oxygen atoms in total. The number of rotatable bonds is 4. The Morgan fingerprint density at radius 2 is 1.94 bits per heavy atom. The Bertz CT molecular complexity index is 426. The second-order valence-corrected chi connectivity index (χ2v) is 5.90. The van der Waals surface area contributed by atoms with Gasteiger partial charge in [0.25, 0.3) is 0 Å². The molecule has 1 aromatic heterocycles. The van der Waals surface area contributed by atoms with Gasteiger partial charge in [-0.25, -0.2) is 0 Å². The topological polar surface area (TPSA) is 24.9 Å². The largest absolute Gasteiger partial charge is 0.307 e. The summed E-state index contributed by atoms with van der Waals surface area (Å²) in [5.41, 5.74) is 1.33. The third-order valence-electron chi connectivity index (χ3n) is 4.69. The zero-order valence-corrected chi connectivity index (χ0v) is 11.2. The van der Waals surface area contributed by atoms with Gasteiger partial charge in [0.1, 0.15) is 0 Å². The van der Waals surface area contributed by atoms with E-state index in [-0.39, 0.29) is 0 Å². The van der Waals surface area contributed by atoms with Gasteiger partial charge >= 0.3 is 0 Å². The highest BCUT2D eigenvalue weighted by atomic mass is 14.9. The number of allylic oxidation sites excluding steroid dienone is 2. The van der Waals surface area contributed by atoms with Crippen LogP contribution in [0.2, 0.25) is 0 Å². The highest BCUT2D eigenvalue weighted by molar-refractivity contribution is 5.15. The molecule has 4 unspecified atom stereocenters. The summed E-state index contributed by atoms with van der Waals surface area (Å²) < 4.78 is 0. The fourth-order valence-electron chi connectivity index (χ4n) is 3.66. The number of nitrogens with one attached hydrogen (secondary N) is 1. The Morgan fingerprint density at radius 3 is 2.56 bits per heavy atom. The van der Waals surface area contributed by atoms with Crippen LogP contribution in [-0.2, 0) is 0 Å². The highest BCUT2D eigenvalue weighted by Gasteiger charge is 2.38. The van der Waals surface area contributed by atoms with Crippen LogP contribution in [0.3, 0.4) is 0 Å². The van der Waals surface area contributed by atoms with Crippen molar-refractivity contribution in [1.82, 2.24) is 10.3 Å². The van der Waals surface area contributed by atoms with Crippen LogP contribution in [0.25, 0.3) is 0 Å². The quantitative estimate of drug-likeness (QED) is 0.819. The summed E-state index contributed by atoms with van der Waals surface area (Å²) >= 11 is 0. The molecule has 18 heavy (non-hydrogen) atoms. The smallest absolute Gasteiger partial charge is 0.0295 e. The average molecular weight is 242 g/mol. The third kappa shape index (κ3) is 2.22. The van der Waals surface area contributed by atoms with Gasteiger partial charge in [0.15, 0.2) is 0 Å². The van der Waals surface area contributed by atoms with Crippen LogP contribution < -0.4 is 5.32 Å². The van der Waals surface area contributed by atoms with Gasteiger partial charge in [0.05, 0.1) is 0 Å². The molecule has 1 saturated carbocycles. The number of aromatic nitrogens is 1. The Labute approximate surface area is 110 Å². The van der Waals surface area contributed by atoms with Crippen molar-refractivity contribution >= 4 is 0 Å². The molecule has 0 saturated heterocycles. The summed E-state index contributed by atoms with van der Waals surface area (Å²) in [6, 6.07) is 5.20. The number of pyridine rings is 1. The summed E-state index contributed by atoms with van der Waals surface area (Å²) in [5.74, 6) is 2.51. The zero-order valence-electron chi connectivity index (χ0n) is 11.2. The van der Waals surface area contributed by atoms with Gasteiger partial charge in [-0.2, -0.15) is 0 Å². The molecule has 1 aromatic rings. The fourth-order valence-corrected chi connectivity index (χ4v) is 3.66. The van der Waals surface area contributed by atoms with E-state index >= 15 is 0 Å². The standard InChI is InChI=1S/C16H22N2/c1-11(14-5-7-17-8-6-14)18-12(2)16-10-13-3-4-15(16)9-13/h3-8,11-13,15-16,18H,9-10H2,1-2H3/t11-,12?,13?,15?,16?/m1/s1. The Balaban J connectivity index is 1.61. The second kappa shape index (κ2) is 4.85. The molecular formula is C16H22N2. The van der Waals surface area contributed by atoms with Gasteiger partial charge in [0.2, 0.25) is 0 Å². The lowest BCUT2D eigenvalue weighted by atomic mass is 9.87. The molecule has 2 aliphatic rings. The molecule has 96 valence electrons. The zero-order chi connectivity index (χ0) is 12.5. The molecule has 0 radical (unpaired) electrons. The number of nitrogens with zero attached hydrogens (tertiary/aromatic N) is 1. The molecule has 0 aromatic carbocycles. The summed E-state index contributed by atoms with van der Waals surface area (Å²) in [4.78, 5) is 4.08. The highest BCUT2D eigenvalue weighted by Crippen LogP contribution is 2.45. The maximum absolute atomic E-state index is 4.08. The van der Waals surface area contributed by atoms with E-state index in [1.165, 1.54) is 18.4 Å². The van der Waals surface area contributed by atoms with E-state index in [9.17, 15) is 0 Å². The summed E-state index contributed by atoms with van der Waals surface area (Å²) in [7, 11) is 0. The van der Waals surface area contributed by atoms with Crippen LogP contribution in [-0.4, -0.2) is 11.0 Å². The second-order valence-electron chi connectivity index (χ2n) is 5.90. The molecule has 1 N–H and O–H groups in total. The molecular weight excluding hydrogens is 220 g/mol. The van der Waals surface area contributed by atoms with Crippen molar-refractivity contribution < 1.29 is 0 Å². The lowest BCUT2D eigenvalue weighted by Crippen LogP contribution is -2.37. The van der Waals surface area contributed by atoms with E-state index in [0.717, 1.165) is 17.8 Å². The van der Waals surface area contributed by atoms with Crippen molar-refractivity contribution in [2.45, 2.75) is 38.8 Å². The number of hydrogen-bond donors (Lipinski definition) is 1. The minimum Gasteiger partial charge on any atom is -0.307 e. The van der Waals surface area contributed by atoms with E-state index in [1.54, 1.807) is 0 Å². The molecule has 0 amide bonds. The van der Waals surface area contributed by atoms with Crippen LogP contribution in [0.1, 0.15) is 38.3 Å². The van der Waals surface area contributed by atoms with Crippen molar-refractivity contribution in [2.24, 2.45) is 17.8 Å². The van der Waals surface area contributed by atoms with Crippen molar-refractivity contribution in [3.63, 3.8) is 0 Å². The monoisotopic (exact) mass is 242 g/mol. The molecule has 2 aliphatic carbocycles. The number of fused-ring (bicyclic) bond motifs is 2. The molecule has 0 aliphatic heterocycles. The van der Waals surface area contributed by atoms with Gasteiger partial charge in [-0.1, -0.05) is 12.2 Å². The number of hydrogen-bond acceptors (Lipinski definition) is 2. The normalized spacial score (nSPS) is 32.7. The molecule has 3 rings (SSSR count). The molecule has 1 heterocycles. The van der Waals surface area contributed by atoms with Crippen LogP contribution in [0.15, 0.2) is 36.7 Å². The Kier molecular flexibility index (Phi) is 3.21. The lowest BCUT2D eigenvalue weighted by Gasteiger charge is -2.29. The first-order chi connectivity index (χ1) is 8.74. The van der Waals surface area contributed by atoms with E-state index in [0.29, 0.717) is 12.1 Å². The van der Waals surface area contributed by atoms with Crippen LogP contribution >= 0.6 is 0 Å². The minimum atomic E-state index is 0.408. The van der Waals surface area contributed by atoms with Gasteiger partial charge in [-0.3, -0.25) is 4.98 Å². The predicted molar refractivity (Wildman–Crippen MR) is 74.1 cm³/mol. The maximum atomic E-state index is 4.08. The minimum absolute atomic E-state index is 0.408. The first kappa shape index (κ1) is 11.9. The lowest BCUT2D eigenvalue weighted by molar-refractivity contribution is 0.307. The summed E-state index contributed by atoms with van der Waals surface area (Å²) in [6.45, 7) is 4.59. The maximum Gasteiger partial charge on any atom is 0.0295 e. The first-order valence-electron chi connectivity index (χ1n) is 7.08. The van der Waals surface area contributed by atoms with Crippen LogP contribution in [0.4, 0.5) is 0 Å². The van der Waals surface area contributed by atoms with E-state index in [1.807, 2.05) is 12.4 Å². The molecule has 5 atom stereocenters. The summed E-state index contributed by atoms with van der Waals surface area (Å²) in [6.07, 6.45) is 11.4. The molecule has 1 fully saturated rings. The van der Waals surface area contributed by atoms with E-state index < -0.39 is 0 Å². The van der Waals surface area contributed by atoms with Crippen molar-refractivity contribution in [2.75, 3.05) is 0 Å². The Morgan fingerprint density at radius 1 is 1.17 bits per heavy atom. The third-order valence-corrected chi connectivity index (χ3v) is 4.69. The van der Waals surface area contributed by atoms with Crippen LogP contribution in [0.5, 0.6) is 0 Å². The average Bonchev–Trinajstić information content (AvgIpc) is 3.02. The van der Waals surface area contributed by atoms with Gasteiger partial charge in [-0.05, 0) is 62.1 Å². The van der Waals surface area contributed by atoms with Crippen molar-refractivity contribution in [3.8, 4) is 0 Å². The molecule has 0 spiro atoms. The summed E-state index contributed by atoms with van der Waals surface area (Å²) in [5, 5.41) is 3.76. The van der Waals surface area contributed by atoms with Crippen molar-refractivity contribution in [1.29, 1.82) is 0 Å². The van der Waals surface area contributed by atoms with Gasteiger partial charge in [-0.15, -0.1) is 0 Å².